The molecule has 1 N–H and O–H groups in total. The molecule has 4 rings (SSSR count). The molecule has 0 saturated carbocycles. The van der Waals surface area contributed by atoms with Crippen LogP contribution in [0.25, 0.3) is 10.9 Å². The van der Waals surface area contributed by atoms with Gasteiger partial charge >= 0.3 is 0 Å². The molecular weight excluding hydrogens is 400 g/mol. The molecule has 2 aliphatic heterocycles. The molecule has 2 aliphatic rings. The summed E-state index contributed by atoms with van der Waals surface area (Å²) in [6.07, 6.45) is 9.97. The van der Waals surface area contributed by atoms with Gasteiger partial charge in [0.2, 0.25) is 5.91 Å². The van der Waals surface area contributed by atoms with Gasteiger partial charge in [-0.3, -0.25) is 9.48 Å². The van der Waals surface area contributed by atoms with Crippen LogP contribution in [0.4, 0.5) is 5.82 Å². The summed E-state index contributed by atoms with van der Waals surface area (Å²) in [7, 11) is 0. The first-order chi connectivity index (χ1) is 15.6. The molecule has 7 nitrogen and oxygen atoms in total. The van der Waals surface area contributed by atoms with Gasteiger partial charge in [0.1, 0.15) is 5.52 Å². The molecule has 176 valence electrons. The fourth-order valence-electron chi connectivity index (χ4n) is 5.54. The molecule has 2 fully saturated rings. The molecular formula is C25H40N6O. The number of nitrogens with zero attached hydrogens (tertiary/aromatic N) is 5. The molecule has 0 bridgehead atoms. The number of pyridine rings is 1. The summed E-state index contributed by atoms with van der Waals surface area (Å²) in [6, 6.07) is 2.80. The fraction of sp³-hybridized carbons (Fsp3) is 0.720. The molecule has 1 atom stereocenters. The van der Waals surface area contributed by atoms with Gasteiger partial charge in [-0.15, -0.1) is 0 Å². The van der Waals surface area contributed by atoms with E-state index in [1.165, 1.54) is 37.6 Å². The second kappa shape index (κ2) is 10.6. The highest BCUT2D eigenvalue weighted by molar-refractivity contribution is 5.91. The van der Waals surface area contributed by atoms with Crippen molar-refractivity contribution in [2.24, 2.45) is 5.92 Å². The lowest BCUT2D eigenvalue weighted by atomic mass is 9.95. The van der Waals surface area contributed by atoms with E-state index in [-0.39, 0.29) is 11.8 Å². The molecule has 2 aromatic heterocycles. The van der Waals surface area contributed by atoms with Crippen molar-refractivity contribution in [1.29, 1.82) is 0 Å². The van der Waals surface area contributed by atoms with Crippen LogP contribution in [0.1, 0.15) is 64.5 Å². The number of fused-ring (bicyclic) bond motifs is 1. The zero-order valence-corrected chi connectivity index (χ0v) is 20.1. The number of anilines is 1. The smallest absolute Gasteiger partial charge is 0.223 e. The Morgan fingerprint density at radius 3 is 2.72 bits per heavy atom. The van der Waals surface area contributed by atoms with E-state index in [0.717, 1.165) is 75.1 Å². The standard InChI is InChI=1S/C25H40N6O/c1-4-21-9-6-7-15-29(21)16-8-13-27-25(32)20-11-17-30(18-12-20)24-23-22(10-14-26-24)19(3)28-31(23)5-2/h10,14,20-21H,4-9,11-13,15-18H2,1-3H3,(H,27,32)/t21-/m1/s1. The van der Waals surface area contributed by atoms with E-state index >= 15 is 0 Å². The number of aryl methyl sites for hydroxylation is 2. The molecule has 2 aromatic rings. The Labute approximate surface area is 192 Å². The third-order valence-corrected chi connectivity index (χ3v) is 7.43. The molecule has 0 aromatic carbocycles. The van der Waals surface area contributed by atoms with Crippen molar-refractivity contribution in [3.63, 3.8) is 0 Å². The Morgan fingerprint density at radius 2 is 1.97 bits per heavy atom. The number of piperidine rings is 2. The third kappa shape index (κ3) is 4.92. The Kier molecular flexibility index (Phi) is 7.66. The van der Waals surface area contributed by atoms with Crippen molar-refractivity contribution in [2.75, 3.05) is 37.6 Å². The van der Waals surface area contributed by atoms with Crippen LogP contribution in [0.3, 0.4) is 0 Å². The van der Waals surface area contributed by atoms with Crippen molar-refractivity contribution in [3.05, 3.63) is 18.0 Å². The van der Waals surface area contributed by atoms with Gasteiger partial charge < -0.3 is 15.1 Å². The minimum atomic E-state index is 0.113. The van der Waals surface area contributed by atoms with Crippen LogP contribution in [0, 0.1) is 12.8 Å². The van der Waals surface area contributed by atoms with Crippen LogP contribution < -0.4 is 10.2 Å². The molecule has 1 amide bonds. The number of amides is 1. The predicted octanol–water partition coefficient (Wildman–Crippen LogP) is 3.75. The third-order valence-electron chi connectivity index (χ3n) is 7.43. The SMILES string of the molecule is CC[C@@H]1CCCCN1CCCNC(=O)C1CCN(c2nccc3c(C)nn(CC)c23)CC1. The molecule has 7 heteroatoms. The average Bonchev–Trinajstić information content (AvgIpc) is 3.18. The van der Waals surface area contributed by atoms with Crippen LogP contribution in [-0.2, 0) is 11.3 Å². The maximum atomic E-state index is 12.8. The van der Waals surface area contributed by atoms with Crippen LogP contribution in [0.2, 0.25) is 0 Å². The summed E-state index contributed by atoms with van der Waals surface area (Å²) in [4.78, 5) is 22.4. The van der Waals surface area contributed by atoms with Crippen molar-refractivity contribution in [2.45, 2.75) is 78.3 Å². The zero-order valence-electron chi connectivity index (χ0n) is 20.1. The lowest BCUT2D eigenvalue weighted by molar-refractivity contribution is -0.125. The minimum absolute atomic E-state index is 0.113. The van der Waals surface area contributed by atoms with Crippen LogP contribution in [0.5, 0.6) is 0 Å². The number of hydrogen-bond acceptors (Lipinski definition) is 5. The van der Waals surface area contributed by atoms with Gasteiger partial charge in [-0.25, -0.2) is 4.98 Å². The van der Waals surface area contributed by atoms with E-state index in [9.17, 15) is 4.79 Å². The molecule has 0 unspecified atom stereocenters. The van der Waals surface area contributed by atoms with Gasteiger partial charge in [0, 0.05) is 56.3 Å². The Morgan fingerprint density at radius 1 is 1.16 bits per heavy atom. The van der Waals surface area contributed by atoms with Gasteiger partial charge in [-0.05, 0) is 65.0 Å². The van der Waals surface area contributed by atoms with E-state index in [2.05, 4.69) is 51.7 Å². The second-order valence-electron chi connectivity index (χ2n) is 9.43. The van der Waals surface area contributed by atoms with Gasteiger partial charge in [-0.2, -0.15) is 5.10 Å². The number of rotatable bonds is 8. The predicted molar refractivity (Wildman–Crippen MR) is 130 cm³/mol. The van der Waals surface area contributed by atoms with Crippen LogP contribution >= 0.6 is 0 Å². The number of likely N-dealkylation sites (tertiary alicyclic amines) is 1. The van der Waals surface area contributed by atoms with E-state index in [1.54, 1.807) is 0 Å². The highest BCUT2D eigenvalue weighted by Gasteiger charge is 2.27. The summed E-state index contributed by atoms with van der Waals surface area (Å²) >= 11 is 0. The number of nitrogens with one attached hydrogen (secondary N) is 1. The number of carbonyl (C=O) groups is 1. The maximum absolute atomic E-state index is 12.8. The molecule has 0 aliphatic carbocycles. The molecule has 0 radical (unpaired) electrons. The Bertz CT molecular complexity index is 901. The van der Waals surface area contributed by atoms with Gasteiger partial charge in [0.15, 0.2) is 5.82 Å². The average molecular weight is 441 g/mol. The van der Waals surface area contributed by atoms with Gasteiger partial charge in [-0.1, -0.05) is 13.3 Å². The van der Waals surface area contributed by atoms with Crippen LogP contribution in [-0.4, -0.2) is 64.3 Å². The van der Waals surface area contributed by atoms with Crippen molar-refractivity contribution in [1.82, 2.24) is 25.0 Å². The van der Waals surface area contributed by atoms with Gasteiger partial charge in [0.05, 0.1) is 5.69 Å². The number of hydrogen-bond donors (Lipinski definition) is 1. The zero-order chi connectivity index (χ0) is 22.5. The first-order valence-corrected chi connectivity index (χ1v) is 12.7. The highest BCUT2D eigenvalue weighted by atomic mass is 16.1. The summed E-state index contributed by atoms with van der Waals surface area (Å²) < 4.78 is 2.05. The fourth-order valence-corrected chi connectivity index (χ4v) is 5.54. The lowest BCUT2D eigenvalue weighted by Gasteiger charge is -2.35. The Hall–Kier alpha value is -2.15. The second-order valence-corrected chi connectivity index (χ2v) is 9.43. The molecule has 4 heterocycles. The topological polar surface area (TPSA) is 66.3 Å². The van der Waals surface area contributed by atoms with E-state index in [0.29, 0.717) is 0 Å². The van der Waals surface area contributed by atoms with Crippen molar-refractivity contribution < 1.29 is 4.79 Å². The van der Waals surface area contributed by atoms with E-state index in [1.807, 2.05) is 6.20 Å². The first kappa shape index (κ1) is 23.0. The highest BCUT2D eigenvalue weighted by Crippen LogP contribution is 2.30. The van der Waals surface area contributed by atoms with Crippen molar-refractivity contribution in [3.8, 4) is 0 Å². The van der Waals surface area contributed by atoms with Gasteiger partial charge in [0.25, 0.3) is 0 Å². The molecule has 32 heavy (non-hydrogen) atoms. The largest absolute Gasteiger partial charge is 0.356 e. The summed E-state index contributed by atoms with van der Waals surface area (Å²) in [5.74, 6) is 1.36. The molecule has 2 saturated heterocycles. The summed E-state index contributed by atoms with van der Waals surface area (Å²) in [5.41, 5.74) is 2.17. The van der Waals surface area contributed by atoms with Crippen molar-refractivity contribution >= 4 is 22.6 Å². The number of carbonyl (C=O) groups excluding carboxylic acids is 1. The lowest BCUT2D eigenvalue weighted by Crippen LogP contribution is -2.43. The summed E-state index contributed by atoms with van der Waals surface area (Å²) in [5, 5.41) is 9.07. The first-order valence-electron chi connectivity index (χ1n) is 12.7. The maximum Gasteiger partial charge on any atom is 0.223 e. The normalized spacial score (nSPS) is 20.7. The van der Waals surface area contributed by atoms with E-state index in [4.69, 9.17) is 4.98 Å². The van der Waals surface area contributed by atoms with Crippen LogP contribution in [0.15, 0.2) is 12.3 Å². The summed E-state index contributed by atoms with van der Waals surface area (Å²) in [6.45, 7) is 12.2. The number of aromatic nitrogens is 3. The monoisotopic (exact) mass is 440 g/mol. The van der Waals surface area contributed by atoms with E-state index < -0.39 is 0 Å². The Balaban J connectivity index is 1.26. The molecule has 0 spiro atoms. The quantitative estimate of drug-likeness (QED) is 0.634. The minimum Gasteiger partial charge on any atom is -0.356 e.